The van der Waals surface area contributed by atoms with Gasteiger partial charge in [-0.1, -0.05) is 53.6 Å². The molecule has 0 spiro atoms. The van der Waals surface area contributed by atoms with Crippen LogP contribution in [-0.2, 0) is 11.2 Å². The Morgan fingerprint density at radius 2 is 1.71 bits per heavy atom. The van der Waals surface area contributed by atoms with Crippen LogP contribution in [0.15, 0.2) is 54.6 Å². The molecular formula is C22H19ClN2O2S. The zero-order chi connectivity index (χ0) is 20.3. The van der Waals surface area contributed by atoms with Crippen molar-refractivity contribution in [1.82, 2.24) is 0 Å². The van der Waals surface area contributed by atoms with E-state index in [1.165, 1.54) is 11.3 Å². The summed E-state index contributed by atoms with van der Waals surface area (Å²) in [6.07, 6.45) is 0.0202. The molecule has 0 fully saturated rings. The molecule has 0 amide bonds. The van der Waals surface area contributed by atoms with Gasteiger partial charge in [-0.3, -0.25) is 15.0 Å². The Morgan fingerprint density at radius 1 is 1.07 bits per heavy atom. The molecule has 0 saturated carbocycles. The standard InChI is InChI=1S/C22H19ClN2O2S/c1-13-2-4-14(5-3-13)21(27)19-11-16(10-18(26)12-20(24)25)22(28-19)15-6-8-17(23)9-7-15/h2-9,11H,10,12H2,1H3,(H3,24,25). The average Bonchev–Trinajstić information content (AvgIpc) is 3.05. The number of thiophene rings is 1. The highest BCUT2D eigenvalue weighted by atomic mass is 35.5. The van der Waals surface area contributed by atoms with Crippen molar-refractivity contribution in [1.29, 1.82) is 5.41 Å². The maximum Gasteiger partial charge on any atom is 0.202 e. The molecule has 3 rings (SSSR count). The maximum atomic E-state index is 12.9. The lowest BCUT2D eigenvalue weighted by Gasteiger charge is -2.04. The molecular weight excluding hydrogens is 392 g/mol. The van der Waals surface area contributed by atoms with Crippen LogP contribution in [-0.4, -0.2) is 17.4 Å². The minimum absolute atomic E-state index is 0.0783. The van der Waals surface area contributed by atoms with Crippen molar-refractivity contribution in [2.75, 3.05) is 0 Å². The molecule has 6 heteroatoms. The molecule has 0 aliphatic rings. The maximum absolute atomic E-state index is 12.9. The molecule has 0 aliphatic carbocycles. The van der Waals surface area contributed by atoms with Gasteiger partial charge < -0.3 is 5.73 Å². The summed E-state index contributed by atoms with van der Waals surface area (Å²) in [6.45, 7) is 1.97. The van der Waals surface area contributed by atoms with Crippen LogP contribution >= 0.6 is 22.9 Å². The predicted molar refractivity (Wildman–Crippen MR) is 115 cm³/mol. The normalized spacial score (nSPS) is 10.6. The van der Waals surface area contributed by atoms with Crippen LogP contribution in [0.4, 0.5) is 0 Å². The lowest BCUT2D eigenvalue weighted by molar-refractivity contribution is -0.117. The topological polar surface area (TPSA) is 84.0 Å². The lowest BCUT2D eigenvalue weighted by Crippen LogP contribution is -2.16. The number of nitrogens with one attached hydrogen (secondary N) is 1. The minimum Gasteiger partial charge on any atom is -0.387 e. The van der Waals surface area contributed by atoms with Crippen LogP contribution in [0, 0.1) is 12.3 Å². The number of carbonyl (C=O) groups is 2. The van der Waals surface area contributed by atoms with E-state index in [4.69, 9.17) is 22.7 Å². The van der Waals surface area contributed by atoms with Gasteiger partial charge in [-0.25, -0.2) is 0 Å². The summed E-state index contributed by atoms with van der Waals surface area (Å²) in [4.78, 5) is 26.6. The number of hydrogen-bond donors (Lipinski definition) is 2. The fourth-order valence-electron chi connectivity index (χ4n) is 2.85. The third-order valence-corrected chi connectivity index (χ3v) is 5.71. The molecule has 0 aliphatic heterocycles. The number of rotatable bonds is 7. The highest BCUT2D eigenvalue weighted by Crippen LogP contribution is 2.35. The number of benzene rings is 2. The summed E-state index contributed by atoms with van der Waals surface area (Å²) in [5.41, 5.74) is 8.69. The van der Waals surface area contributed by atoms with E-state index < -0.39 is 0 Å². The minimum atomic E-state index is -0.163. The number of halogens is 1. The first-order chi connectivity index (χ1) is 13.3. The first-order valence-corrected chi connectivity index (χ1v) is 9.87. The molecule has 0 bridgehead atoms. The Balaban J connectivity index is 2.00. The second-order valence-electron chi connectivity index (χ2n) is 6.58. The van der Waals surface area contributed by atoms with Gasteiger partial charge in [0, 0.05) is 21.9 Å². The third kappa shape index (κ3) is 4.74. The van der Waals surface area contributed by atoms with E-state index in [-0.39, 0.29) is 30.2 Å². The molecule has 3 N–H and O–H groups in total. The van der Waals surface area contributed by atoms with Crippen molar-refractivity contribution in [3.8, 4) is 10.4 Å². The van der Waals surface area contributed by atoms with E-state index in [1.807, 2.05) is 31.2 Å². The molecule has 0 unspecified atom stereocenters. The Kier molecular flexibility index (Phi) is 6.07. The second kappa shape index (κ2) is 8.50. The summed E-state index contributed by atoms with van der Waals surface area (Å²) >= 11 is 7.34. The number of hydrogen-bond acceptors (Lipinski definition) is 4. The molecule has 1 heterocycles. The van der Waals surface area contributed by atoms with E-state index in [0.717, 1.165) is 21.6 Å². The Bertz CT molecular complexity index is 1040. The smallest absolute Gasteiger partial charge is 0.202 e. The first kappa shape index (κ1) is 20.0. The summed E-state index contributed by atoms with van der Waals surface area (Å²) in [6, 6.07) is 16.5. The van der Waals surface area contributed by atoms with Crippen LogP contribution in [0.2, 0.25) is 5.02 Å². The predicted octanol–water partition coefficient (Wildman–Crippen LogP) is 5.05. The highest BCUT2D eigenvalue weighted by Gasteiger charge is 2.19. The highest BCUT2D eigenvalue weighted by molar-refractivity contribution is 7.17. The molecule has 28 heavy (non-hydrogen) atoms. The van der Waals surface area contributed by atoms with E-state index in [2.05, 4.69) is 0 Å². The lowest BCUT2D eigenvalue weighted by atomic mass is 10.0. The number of amidine groups is 1. The van der Waals surface area contributed by atoms with Gasteiger partial charge in [-0.05, 0) is 36.2 Å². The Hall–Kier alpha value is -2.76. The van der Waals surface area contributed by atoms with Gasteiger partial charge in [0.15, 0.2) is 0 Å². The van der Waals surface area contributed by atoms with Gasteiger partial charge in [-0.15, -0.1) is 11.3 Å². The van der Waals surface area contributed by atoms with Gasteiger partial charge >= 0.3 is 0 Å². The third-order valence-electron chi connectivity index (χ3n) is 4.23. The SMILES string of the molecule is Cc1ccc(C(=O)c2cc(CC(=O)CC(=N)N)c(-c3ccc(Cl)cc3)s2)cc1. The molecule has 2 aromatic carbocycles. The van der Waals surface area contributed by atoms with Gasteiger partial charge in [0.1, 0.15) is 5.78 Å². The van der Waals surface area contributed by atoms with Crippen LogP contribution in [0.3, 0.4) is 0 Å². The summed E-state index contributed by atoms with van der Waals surface area (Å²) in [5, 5.41) is 7.94. The summed E-state index contributed by atoms with van der Waals surface area (Å²) < 4.78 is 0. The van der Waals surface area contributed by atoms with Crippen LogP contribution in [0.1, 0.15) is 32.8 Å². The van der Waals surface area contributed by atoms with Crippen molar-refractivity contribution in [3.05, 3.63) is 81.2 Å². The van der Waals surface area contributed by atoms with Gasteiger partial charge in [-0.2, -0.15) is 0 Å². The molecule has 0 saturated heterocycles. The zero-order valence-electron chi connectivity index (χ0n) is 15.3. The number of aryl methyl sites for hydroxylation is 1. The molecule has 3 aromatic rings. The summed E-state index contributed by atoms with van der Waals surface area (Å²) in [5.74, 6) is -0.399. The van der Waals surface area contributed by atoms with Crippen molar-refractivity contribution < 1.29 is 9.59 Å². The quantitative estimate of drug-likeness (QED) is 0.325. The molecule has 0 atom stereocenters. The molecule has 4 nitrogen and oxygen atoms in total. The largest absolute Gasteiger partial charge is 0.387 e. The van der Waals surface area contributed by atoms with Crippen molar-refractivity contribution in [2.45, 2.75) is 19.8 Å². The number of nitrogens with two attached hydrogens (primary N) is 1. The molecule has 0 radical (unpaired) electrons. The van der Waals surface area contributed by atoms with Crippen LogP contribution in [0.25, 0.3) is 10.4 Å². The molecule has 1 aromatic heterocycles. The fraction of sp³-hybridized carbons (Fsp3) is 0.136. The van der Waals surface area contributed by atoms with Crippen molar-refractivity contribution >= 4 is 40.3 Å². The molecule has 142 valence electrons. The van der Waals surface area contributed by atoms with Gasteiger partial charge in [0.05, 0.1) is 17.1 Å². The fourth-order valence-corrected chi connectivity index (χ4v) is 4.13. The van der Waals surface area contributed by atoms with Crippen LogP contribution < -0.4 is 5.73 Å². The number of Topliss-reactive ketones (excluding diaryl/α,β-unsaturated/α-hetero) is 1. The van der Waals surface area contributed by atoms with Gasteiger partial charge in [0.2, 0.25) is 5.78 Å². The van der Waals surface area contributed by atoms with Crippen molar-refractivity contribution in [3.63, 3.8) is 0 Å². The Morgan fingerprint density at radius 3 is 2.32 bits per heavy atom. The first-order valence-electron chi connectivity index (χ1n) is 8.68. The van der Waals surface area contributed by atoms with E-state index in [1.54, 1.807) is 30.3 Å². The van der Waals surface area contributed by atoms with Crippen molar-refractivity contribution in [2.24, 2.45) is 5.73 Å². The van der Waals surface area contributed by atoms with E-state index in [0.29, 0.717) is 15.5 Å². The number of ketones is 2. The van der Waals surface area contributed by atoms with E-state index >= 15 is 0 Å². The Labute approximate surface area is 172 Å². The average molecular weight is 411 g/mol. The van der Waals surface area contributed by atoms with Crippen LogP contribution in [0.5, 0.6) is 0 Å². The summed E-state index contributed by atoms with van der Waals surface area (Å²) in [7, 11) is 0. The second-order valence-corrected chi connectivity index (χ2v) is 8.07. The van der Waals surface area contributed by atoms with E-state index in [9.17, 15) is 9.59 Å². The number of carbonyl (C=O) groups excluding carboxylic acids is 2. The monoisotopic (exact) mass is 410 g/mol. The van der Waals surface area contributed by atoms with Gasteiger partial charge in [0.25, 0.3) is 0 Å². The zero-order valence-corrected chi connectivity index (χ0v) is 16.9.